The standard InChI is InChI=1S/C30H36N2O10/c1-18-26(42-21-11-7-8-12-21)22(15-20-9-5-4-6-10-20)29(35)38-16-23(30(36)41-18)32-28(34)25-27(40-17-39-19(2)33)24(37-3)13-14-31-25/h4-6,9-10,13-14,18,21-23,26H,7-8,11-12,15-17H2,1-3H3,(H,32,34). The van der Waals surface area contributed by atoms with Crippen molar-refractivity contribution in [2.24, 2.45) is 5.92 Å². The molecule has 42 heavy (non-hydrogen) atoms. The highest BCUT2D eigenvalue weighted by atomic mass is 16.7. The SMILES string of the molecule is COc1ccnc(C(=O)NC2COC(=O)C(Cc3ccccc3)C(OC3CCCC3)C(C)OC2=O)c1OCOC(C)=O. The van der Waals surface area contributed by atoms with Gasteiger partial charge in [0.1, 0.15) is 18.8 Å². The number of hydrogen-bond acceptors (Lipinski definition) is 11. The van der Waals surface area contributed by atoms with Gasteiger partial charge in [0.25, 0.3) is 5.91 Å². The lowest BCUT2D eigenvalue weighted by Gasteiger charge is -2.31. The second kappa shape index (κ2) is 14.6. The van der Waals surface area contributed by atoms with Gasteiger partial charge in [0.15, 0.2) is 23.2 Å². The number of carbonyl (C=O) groups is 4. The fourth-order valence-corrected chi connectivity index (χ4v) is 5.04. The van der Waals surface area contributed by atoms with Crippen LogP contribution in [-0.4, -0.2) is 73.7 Å². The van der Waals surface area contributed by atoms with E-state index in [0.717, 1.165) is 31.2 Å². The number of methoxy groups -OCH3 is 1. The van der Waals surface area contributed by atoms with Gasteiger partial charge < -0.3 is 33.7 Å². The Morgan fingerprint density at radius 3 is 2.50 bits per heavy atom. The van der Waals surface area contributed by atoms with Crippen LogP contribution >= 0.6 is 0 Å². The zero-order valence-electron chi connectivity index (χ0n) is 23.9. The Kier molecular flexibility index (Phi) is 10.7. The number of cyclic esters (lactones) is 2. The van der Waals surface area contributed by atoms with Crippen LogP contribution in [0.3, 0.4) is 0 Å². The topological polar surface area (TPSA) is 149 Å². The van der Waals surface area contributed by atoms with E-state index in [1.54, 1.807) is 6.92 Å². The molecular formula is C30H36N2O10. The van der Waals surface area contributed by atoms with Crippen LogP contribution in [0.4, 0.5) is 0 Å². The maximum atomic E-state index is 13.5. The van der Waals surface area contributed by atoms with Crippen LogP contribution in [0.5, 0.6) is 11.5 Å². The summed E-state index contributed by atoms with van der Waals surface area (Å²) in [5, 5.41) is 2.53. The van der Waals surface area contributed by atoms with Gasteiger partial charge in [0, 0.05) is 19.2 Å². The van der Waals surface area contributed by atoms with E-state index in [2.05, 4.69) is 10.3 Å². The highest BCUT2D eigenvalue weighted by molar-refractivity contribution is 5.98. The first-order valence-corrected chi connectivity index (χ1v) is 13.9. The number of nitrogens with one attached hydrogen (secondary N) is 1. The first kappa shape index (κ1) is 30.8. The van der Waals surface area contributed by atoms with Gasteiger partial charge in [0.05, 0.1) is 19.1 Å². The second-order valence-electron chi connectivity index (χ2n) is 10.2. The number of aromatic nitrogens is 1. The number of hydrogen-bond donors (Lipinski definition) is 1. The van der Waals surface area contributed by atoms with Gasteiger partial charge in [-0.2, -0.15) is 0 Å². The molecule has 4 rings (SSSR count). The first-order valence-electron chi connectivity index (χ1n) is 13.9. The van der Waals surface area contributed by atoms with Crippen LogP contribution in [0.2, 0.25) is 0 Å². The average molecular weight is 585 g/mol. The van der Waals surface area contributed by atoms with Gasteiger partial charge in [-0.25, -0.2) is 9.78 Å². The third-order valence-corrected chi connectivity index (χ3v) is 7.17. The smallest absolute Gasteiger partial charge is 0.332 e. The van der Waals surface area contributed by atoms with Gasteiger partial charge in [-0.15, -0.1) is 0 Å². The first-order chi connectivity index (χ1) is 20.3. The number of ether oxygens (including phenoxy) is 6. The minimum atomic E-state index is -1.35. The van der Waals surface area contributed by atoms with E-state index in [9.17, 15) is 19.2 Å². The molecule has 1 aromatic carbocycles. The van der Waals surface area contributed by atoms with Crippen molar-refractivity contribution in [2.45, 2.75) is 70.3 Å². The molecule has 2 heterocycles. The summed E-state index contributed by atoms with van der Waals surface area (Å²) < 4.78 is 33.3. The highest BCUT2D eigenvalue weighted by Gasteiger charge is 2.42. The van der Waals surface area contributed by atoms with E-state index in [-0.39, 0.29) is 23.3 Å². The Hall–Kier alpha value is -4.19. The predicted octanol–water partition coefficient (Wildman–Crippen LogP) is 2.76. The fourth-order valence-electron chi connectivity index (χ4n) is 5.04. The van der Waals surface area contributed by atoms with Crippen molar-refractivity contribution >= 4 is 23.8 Å². The van der Waals surface area contributed by atoms with E-state index in [4.69, 9.17) is 28.4 Å². The summed E-state index contributed by atoms with van der Waals surface area (Å²) in [5.41, 5.74) is 0.672. The molecule has 0 radical (unpaired) electrons. The summed E-state index contributed by atoms with van der Waals surface area (Å²) >= 11 is 0. The fraction of sp³-hybridized carbons (Fsp3) is 0.500. The normalized spacial score (nSPS) is 23.0. The minimum absolute atomic E-state index is 0.0528. The molecule has 2 aromatic rings. The Balaban J connectivity index is 1.55. The lowest BCUT2D eigenvalue weighted by Crippen LogP contribution is -2.47. The average Bonchev–Trinajstić information content (AvgIpc) is 3.50. The van der Waals surface area contributed by atoms with Crippen molar-refractivity contribution in [3.8, 4) is 11.5 Å². The molecule has 4 unspecified atom stereocenters. The number of carbonyl (C=O) groups excluding carboxylic acids is 4. The van der Waals surface area contributed by atoms with Gasteiger partial charge in [0.2, 0.25) is 6.79 Å². The zero-order chi connectivity index (χ0) is 30.1. The molecule has 1 aliphatic heterocycles. The predicted molar refractivity (Wildman–Crippen MR) is 147 cm³/mol. The summed E-state index contributed by atoms with van der Waals surface area (Å²) in [6, 6.07) is 9.58. The molecule has 1 N–H and O–H groups in total. The van der Waals surface area contributed by atoms with Crippen molar-refractivity contribution in [3.63, 3.8) is 0 Å². The highest BCUT2D eigenvalue weighted by Crippen LogP contribution is 2.31. The molecule has 0 spiro atoms. The zero-order valence-corrected chi connectivity index (χ0v) is 23.9. The van der Waals surface area contributed by atoms with Crippen LogP contribution in [0.1, 0.15) is 55.6 Å². The second-order valence-corrected chi connectivity index (χ2v) is 10.2. The molecule has 12 heteroatoms. The monoisotopic (exact) mass is 584 g/mol. The van der Waals surface area contributed by atoms with Crippen molar-refractivity contribution in [1.29, 1.82) is 0 Å². The van der Waals surface area contributed by atoms with Crippen molar-refractivity contribution in [2.75, 3.05) is 20.5 Å². The number of nitrogens with zero attached hydrogens (tertiary/aromatic N) is 1. The summed E-state index contributed by atoms with van der Waals surface area (Å²) in [7, 11) is 1.36. The molecule has 1 aliphatic carbocycles. The molecule has 2 fully saturated rings. The summed E-state index contributed by atoms with van der Waals surface area (Å²) in [6.07, 6.45) is 3.80. The quantitative estimate of drug-likeness (QED) is 0.250. The number of pyridine rings is 1. The Bertz CT molecular complexity index is 1250. The third kappa shape index (κ3) is 7.96. The Labute approximate surface area is 244 Å². The summed E-state index contributed by atoms with van der Waals surface area (Å²) in [4.78, 5) is 55.3. The number of benzene rings is 1. The number of rotatable bonds is 10. The largest absolute Gasteiger partial charge is 0.493 e. The lowest BCUT2D eigenvalue weighted by atomic mass is 9.91. The van der Waals surface area contributed by atoms with E-state index >= 15 is 0 Å². The molecule has 226 valence electrons. The molecule has 1 saturated carbocycles. The number of amides is 1. The Morgan fingerprint density at radius 2 is 1.81 bits per heavy atom. The molecule has 12 nitrogen and oxygen atoms in total. The van der Waals surface area contributed by atoms with Crippen LogP contribution < -0.4 is 14.8 Å². The van der Waals surface area contributed by atoms with Gasteiger partial charge in [-0.3, -0.25) is 14.4 Å². The maximum absolute atomic E-state index is 13.5. The minimum Gasteiger partial charge on any atom is -0.493 e. The van der Waals surface area contributed by atoms with Crippen LogP contribution in [-0.2, 0) is 39.8 Å². The molecular weight excluding hydrogens is 548 g/mol. The molecule has 1 amide bonds. The van der Waals surface area contributed by atoms with Crippen LogP contribution in [0, 0.1) is 5.92 Å². The van der Waals surface area contributed by atoms with Gasteiger partial charge >= 0.3 is 17.9 Å². The van der Waals surface area contributed by atoms with E-state index in [1.165, 1.54) is 26.3 Å². The number of esters is 3. The molecule has 1 aromatic heterocycles. The maximum Gasteiger partial charge on any atom is 0.332 e. The van der Waals surface area contributed by atoms with Crippen LogP contribution in [0.25, 0.3) is 0 Å². The molecule has 1 saturated heterocycles. The van der Waals surface area contributed by atoms with Crippen molar-refractivity contribution in [3.05, 3.63) is 53.9 Å². The third-order valence-electron chi connectivity index (χ3n) is 7.17. The Morgan fingerprint density at radius 1 is 1.07 bits per heavy atom. The van der Waals surface area contributed by atoms with E-state index < -0.39 is 61.4 Å². The van der Waals surface area contributed by atoms with Crippen LogP contribution in [0.15, 0.2) is 42.6 Å². The molecule has 0 bridgehead atoms. The van der Waals surface area contributed by atoms with Gasteiger partial charge in [-0.1, -0.05) is 43.2 Å². The lowest BCUT2D eigenvalue weighted by molar-refractivity contribution is -0.169. The summed E-state index contributed by atoms with van der Waals surface area (Å²) in [5.74, 6) is -3.47. The summed E-state index contributed by atoms with van der Waals surface area (Å²) in [6.45, 7) is 1.92. The van der Waals surface area contributed by atoms with Crippen molar-refractivity contribution < 1.29 is 47.6 Å². The molecule has 2 aliphatic rings. The van der Waals surface area contributed by atoms with Crippen molar-refractivity contribution in [1.82, 2.24) is 10.3 Å². The van der Waals surface area contributed by atoms with E-state index in [1.807, 2.05) is 30.3 Å². The van der Waals surface area contributed by atoms with Gasteiger partial charge in [-0.05, 0) is 31.7 Å². The van der Waals surface area contributed by atoms with E-state index in [0.29, 0.717) is 6.42 Å². The molecule has 4 atom stereocenters.